The minimum absolute atomic E-state index is 0. The molecule has 2 saturated heterocycles. The first kappa shape index (κ1) is 37.4. The van der Waals surface area contributed by atoms with Crippen molar-refractivity contribution in [1.82, 2.24) is 9.80 Å². The summed E-state index contributed by atoms with van der Waals surface area (Å²) in [5.74, 6) is 0.909. The zero-order valence-corrected chi connectivity index (χ0v) is 26.4. The summed E-state index contributed by atoms with van der Waals surface area (Å²) < 4.78 is 0. The molecule has 4 N–H and O–H groups in total. The molecule has 0 radical (unpaired) electrons. The lowest BCUT2D eigenvalue weighted by Crippen LogP contribution is -2.38. The van der Waals surface area contributed by atoms with E-state index in [2.05, 4.69) is 39.2 Å². The number of hydrogen-bond donors (Lipinski definition) is 3. The molecule has 0 amide bonds. The summed E-state index contributed by atoms with van der Waals surface area (Å²) >= 11 is 5.49. The maximum Gasteiger partial charge on any atom is 0.144 e. The van der Waals surface area contributed by atoms with Gasteiger partial charge in [0.1, 0.15) is 18.5 Å². The van der Waals surface area contributed by atoms with Gasteiger partial charge in [-0.05, 0) is 63.0 Å². The van der Waals surface area contributed by atoms with Crippen LogP contribution in [-0.4, -0.2) is 89.8 Å². The van der Waals surface area contributed by atoms with Gasteiger partial charge in [0.15, 0.2) is 0 Å². The number of rotatable bonds is 12. The van der Waals surface area contributed by atoms with Gasteiger partial charge in [0, 0.05) is 31.3 Å². The van der Waals surface area contributed by atoms with Crippen molar-refractivity contribution >= 4 is 42.3 Å². The molecule has 0 bridgehead atoms. The Morgan fingerprint density at radius 1 is 0.756 bits per heavy atom. The Hall–Kier alpha value is -1.58. The predicted molar refractivity (Wildman–Crippen MR) is 175 cm³/mol. The second-order valence-corrected chi connectivity index (χ2v) is 10.9. The van der Waals surface area contributed by atoms with E-state index in [1.807, 2.05) is 36.4 Å². The zero-order chi connectivity index (χ0) is 27.7. The molecule has 4 rings (SSSR count). The second kappa shape index (κ2) is 22.0. The predicted octanol–water partition coefficient (Wildman–Crippen LogP) is 5.26. The van der Waals surface area contributed by atoms with E-state index in [9.17, 15) is 10.2 Å². The molecule has 2 aliphatic rings. The Balaban J connectivity index is 0.000000548. The number of halogens is 3. The van der Waals surface area contributed by atoms with Crippen molar-refractivity contribution in [2.45, 2.75) is 63.1 Å². The van der Waals surface area contributed by atoms with Gasteiger partial charge in [-0.15, -0.1) is 36.4 Å². The molecular weight excluding hydrogens is 583 g/mol. The number of hydrogen-bond acceptors (Lipinski definition) is 6. The maximum atomic E-state index is 10.2. The number of likely N-dealkylation sites (tertiary alicyclic amines) is 2. The lowest BCUT2D eigenvalue weighted by Gasteiger charge is -2.28. The fourth-order valence-electron chi connectivity index (χ4n) is 5.23. The third kappa shape index (κ3) is 14.9. The van der Waals surface area contributed by atoms with Crippen LogP contribution in [0.2, 0.25) is 0 Å². The van der Waals surface area contributed by atoms with Crippen LogP contribution in [0.15, 0.2) is 65.8 Å². The number of aliphatic hydroxyl groups excluding tert-OH is 2. The van der Waals surface area contributed by atoms with Crippen LogP contribution in [0.25, 0.3) is 0 Å². The monoisotopic (exact) mass is 630 g/mol. The van der Waals surface area contributed by atoms with E-state index in [1.165, 1.54) is 49.7 Å². The van der Waals surface area contributed by atoms with E-state index in [-0.39, 0.29) is 43.4 Å². The van der Waals surface area contributed by atoms with Gasteiger partial charge >= 0.3 is 0 Å². The lowest BCUT2D eigenvalue weighted by molar-refractivity contribution is 0.0155. The number of piperidine rings is 2. The van der Waals surface area contributed by atoms with E-state index in [4.69, 9.17) is 22.2 Å². The van der Waals surface area contributed by atoms with E-state index in [0.717, 1.165) is 32.7 Å². The van der Waals surface area contributed by atoms with Crippen molar-refractivity contribution < 1.29 is 15.1 Å². The van der Waals surface area contributed by atoms with Crippen molar-refractivity contribution in [3.63, 3.8) is 0 Å². The van der Waals surface area contributed by atoms with E-state index < -0.39 is 6.10 Å². The van der Waals surface area contributed by atoms with Gasteiger partial charge in [0.25, 0.3) is 0 Å². The first-order valence-electron chi connectivity index (χ1n) is 14.5. The highest BCUT2D eigenvalue weighted by Gasteiger charge is 2.17. The molecule has 0 aromatic heterocycles. The molecule has 7 nitrogen and oxygen atoms in total. The minimum Gasteiger partial charge on any atom is -0.392 e. The molecule has 2 unspecified atom stereocenters. The fourth-order valence-corrected chi connectivity index (χ4v) is 5.33. The third-order valence-corrected chi connectivity index (χ3v) is 7.64. The highest BCUT2D eigenvalue weighted by molar-refractivity contribution is 6.18. The smallest absolute Gasteiger partial charge is 0.144 e. The van der Waals surface area contributed by atoms with E-state index in [1.54, 1.807) is 0 Å². The summed E-state index contributed by atoms with van der Waals surface area (Å²) in [6.07, 6.45) is 7.27. The molecule has 2 aromatic rings. The SMILES string of the molecule is Cl.Cl.NC(CC(c1ccccc1)c1ccccc1)=NOCC(O)CN1CCCCC1.OC(CCl)CN1CCCCC1. The van der Waals surface area contributed by atoms with E-state index in [0.29, 0.717) is 24.7 Å². The third-order valence-electron chi connectivity index (χ3n) is 7.28. The summed E-state index contributed by atoms with van der Waals surface area (Å²) in [6, 6.07) is 20.6. The number of amidine groups is 1. The summed E-state index contributed by atoms with van der Waals surface area (Å²) in [7, 11) is 0. The molecule has 2 atom stereocenters. The molecule has 41 heavy (non-hydrogen) atoms. The van der Waals surface area contributed by atoms with Crippen molar-refractivity contribution in [1.29, 1.82) is 0 Å². The number of nitrogens with two attached hydrogens (primary N) is 1. The summed E-state index contributed by atoms with van der Waals surface area (Å²) in [4.78, 5) is 9.93. The van der Waals surface area contributed by atoms with Gasteiger partial charge in [-0.1, -0.05) is 78.7 Å². The summed E-state index contributed by atoms with van der Waals surface area (Å²) in [6.45, 7) is 5.92. The largest absolute Gasteiger partial charge is 0.392 e. The first-order valence-corrected chi connectivity index (χ1v) is 15.0. The van der Waals surface area contributed by atoms with Crippen LogP contribution in [0.3, 0.4) is 0 Å². The number of alkyl halides is 1. The molecule has 10 heteroatoms. The first-order chi connectivity index (χ1) is 19.0. The number of oxime groups is 1. The standard InChI is InChI=1S/C23H31N3O2.C8H16ClNO.2ClH/c24-23(25-28-18-21(27)17-26-14-8-3-9-15-26)16-22(19-10-4-1-5-11-19)20-12-6-2-7-13-20;9-6-8(11)7-10-4-2-1-3-5-10;;/h1-2,4-7,10-13,21-22,27H,3,8-9,14-18H2,(H2,24,25);8,11H,1-7H2;2*1H. The Morgan fingerprint density at radius 3 is 1.63 bits per heavy atom. The van der Waals surface area contributed by atoms with Crippen LogP contribution in [-0.2, 0) is 4.84 Å². The quantitative estimate of drug-likeness (QED) is 0.128. The molecule has 0 spiro atoms. The molecule has 232 valence electrons. The van der Waals surface area contributed by atoms with Crippen LogP contribution < -0.4 is 5.73 Å². The van der Waals surface area contributed by atoms with Crippen LogP contribution in [0.4, 0.5) is 0 Å². The second-order valence-electron chi connectivity index (χ2n) is 10.6. The number of benzene rings is 2. The Bertz CT molecular complexity index is 891. The average Bonchev–Trinajstić information content (AvgIpc) is 2.98. The van der Waals surface area contributed by atoms with Crippen molar-refractivity contribution in [3.05, 3.63) is 71.8 Å². The van der Waals surface area contributed by atoms with Gasteiger partial charge in [-0.2, -0.15) is 0 Å². The Morgan fingerprint density at radius 2 is 1.20 bits per heavy atom. The van der Waals surface area contributed by atoms with Crippen LogP contribution in [0.5, 0.6) is 0 Å². The fraction of sp³-hybridized carbons (Fsp3) is 0.581. The van der Waals surface area contributed by atoms with Gasteiger partial charge in [0.2, 0.25) is 0 Å². The summed E-state index contributed by atoms with van der Waals surface area (Å²) in [5, 5.41) is 23.5. The highest BCUT2D eigenvalue weighted by Crippen LogP contribution is 2.27. The molecule has 2 aromatic carbocycles. The Kier molecular flexibility index (Phi) is 20.1. The maximum absolute atomic E-state index is 10.2. The Labute approximate surface area is 263 Å². The van der Waals surface area contributed by atoms with Gasteiger partial charge in [-0.25, -0.2) is 0 Å². The van der Waals surface area contributed by atoms with Gasteiger partial charge in [-0.3, -0.25) is 0 Å². The van der Waals surface area contributed by atoms with E-state index >= 15 is 0 Å². The van der Waals surface area contributed by atoms with Crippen molar-refractivity contribution in [3.8, 4) is 0 Å². The van der Waals surface area contributed by atoms with Crippen LogP contribution in [0.1, 0.15) is 62.0 Å². The van der Waals surface area contributed by atoms with Gasteiger partial charge < -0.3 is 30.6 Å². The summed E-state index contributed by atoms with van der Waals surface area (Å²) in [5.41, 5.74) is 8.54. The van der Waals surface area contributed by atoms with Crippen LogP contribution >= 0.6 is 36.4 Å². The highest BCUT2D eigenvalue weighted by atomic mass is 35.5. The van der Waals surface area contributed by atoms with Crippen molar-refractivity contribution in [2.24, 2.45) is 10.9 Å². The molecule has 2 aliphatic heterocycles. The van der Waals surface area contributed by atoms with Gasteiger partial charge in [0.05, 0.1) is 6.10 Å². The lowest BCUT2D eigenvalue weighted by atomic mass is 9.88. The normalized spacial score (nSPS) is 17.8. The molecule has 0 aliphatic carbocycles. The average molecular weight is 632 g/mol. The molecule has 2 heterocycles. The zero-order valence-electron chi connectivity index (χ0n) is 24.0. The molecule has 2 fully saturated rings. The number of nitrogens with zero attached hydrogens (tertiary/aromatic N) is 3. The molecule has 0 saturated carbocycles. The topological polar surface area (TPSA) is 94.5 Å². The molecular formula is C31H49Cl3N4O3. The van der Waals surface area contributed by atoms with Crippen LogP contribution in [0, 0.1) is 0 Å². The minimum atomic E-state index is -0.548. The number of aliphatic hydroxyl groups is 2. The number of β-amino-alcohol motifs (C(OH)–C–C–N with tert-alkyl or cyclic N) is 2. The van der Waals surface area contributed by atoms with Crippen molar-refractivity contribution in [2.75, 3.05) is 51.8 Å².